The topological polar surface area (TPSA) is 137 Å². The molecule has 10 nitrogen and oxygen atoms in total. The van der Waals surface area contributed by atoms with Gasteiger partial charge in [-0.3, -0.25) is 28.1 Å². The zero-order valence-corrected chi connectivity index (χ0v) is 19.4. The lowest BCUT2D eigenvalue weighted by atomic mass is 10.1. The third kappa shape index (κ3) is 6.75. The maximum absolute atomic E-state index is 12.8. The first-order valence-electron chi connectivity index (χ1n) is 10.0. The molecule has 0 bridgehead atoms. The largest absolute Gasteiger partial charge is 0.437 e. The standard InChI is InChI=1S/C20H26N2O8S2/c1-31(26)8-6-14-18(24)29-17(21-14)16(23)13-5-3-4-12(10-13)11-28-20-22-15(19(25)30-20)7-9-32(2)27/h3-5,10,14-15,17,20-22H,6-9,11H2,1-2H3/t14-,15-,17-,20-,31?,32?/m0/s1. The Morgan fingerprint density at radius 3 is 2.28 bits per heavy atom. The molecule has 3 rings (SSSR count). The van der Waals surface area contributed by atoms with Crippen molar-refractivity contribution in [2.75, 3.05) is 24.0 Å². The fourth-order valence-corrected chi connectivity index (χ4v) is 4.39. The van der Waals surface area contributed by atoms with Crippen LogP contribution in [0, 0.1) is 0 Å². The Morgan fingerprint density at radius 2 is 1.62 bits per heavy atom. The summed E-state index contributed by atoms with van der Waals surface area (Å²) in [5, 5.41) is 5.74. The number of Topliss-reactive ketones (excluding diaryl/α,β-unsaturated/α-hetero) is 1. The van der Waals surface area contributed by atoms with Crippen LogP contribution in [0.15, 0.2) is 24.3 Å². The van der Waals surface area contributed by atoms with E-state index in [-0.39, 0.29) is 6.61 Å². The van der Waals surface area contributed by atoms with Gasteiger partial charge in [-0.1, -0.05) is 18.2 Å². The van der Waals surface area contributed by atoms with E-state index in [1.54, 1.807) is 36.8 Å². The SMILES string of the molecule is CS(=O)CC[C@@H]1N[C@@H](OCc2cccc(C(=O)[C@H]3N[C@@H](CCS(C)=O)C(=O)O3)c2)OC1=O. The molecule has 2 saturated heterocycles. The van der Waals surface area contributed by atoms with Crippen molar-refractivity contribution in [2.24, 2.45) is 0 Å². The smallest absolute Gasteiger partial charge is 0.326 e. The molecule has 2 aliphatic heterocycles. The predicted octanol–water partition coefficient (Wildman–Crippen LogP) is -0.437. The molecule has 6 atom stereocenters. The van der Waals surface area contributed by atoms with E-state index in [4.69, 9.17) is 14.2 Å². The maximum atomic E-state index is 12.8. The van der Waals surface area contributed by atoms with Gasteiger partial charge >= 0.3 is 11.9 Å². The van der Waals surface area contributed by atoms with Crippen molar-refractivity contribution in [1.29, 1.82) is 0 Å². The fraction of sp³-hybridized carbons (Fsp3) is 0.550. The summed E-state index contributed by atoms with van der Waals surface area (Å²) in [5.74, 6) is -0.694. The van der Waals surface area contributed by atoms with Crippen LogP contribution in [0.25, 0.3) is 0 Å². The van der Waals surface area contributed by atoms with Crippen LogP contribution in [0.5, 0.6) is 0 Å². The molecule has 2 unspecified atom stereocenters. The molecule has 1 aromatic carbocycles. The van der Waals surface area contributed by atoms with Crippen LogP contribution in [0.1, 0.15) is 28.8 Å². The zero-order chi connectivity index (χ0) is 23.3. The molecule has 2 N–H and O–H groups in total. The molecule has 2 heterocycles. The number of cyclic esters (lactones) is 2. The molecule has 2 fully saturated rings. The van der Waals surface area contributed by atoms with Crippen molar-refractivity contribution in [3.63, 3.8) is 0 Å². The molecule has 32 heavy (non-hydrogen) atoms. The second-order valence-corrected chi connectivity index (χ2v) is 10.6. The van der Waals surface area contributed by atoms with Gasteiger partial charge in [0.25, 0.3) is 6.41 Å². The molecule has 0 amide bonds. The number of nitrogens with one attached hydrogen (secondary N) is 2. The highest BCUT2D eigenvalue weighted by Crippen LogP contribution is 2.17. The highest BCUT2D eigenvalue weighted by atomic mass is 32.2. The minimum absolute atomic E-state index is 0.0708. The van der Waals surface area contributed by atoms with Crippen LogP contribution in [-0.4, -0.2) is 74.9 Å². The Bertz CT molecular complexity index is 925. The Hall–Kier alpha value is -1.99. The van der Waals surface area contributed by atoms with Gasteiger partial charge in [-0.25, -0.2) is 5.32 Å². The minimum atomic E-state index is -1.10. The van der Waals surface area contributed by atoms with Gasteiger partial charge in [-0.15, -0.1) is 0 Å². The number of rotatable bonds is 11. The van der Waals surface area contributed by atoms with Gasteiger partial charge < -0.3 is 14.2 Å². The quantitative estimate of drug-likeness (QED) is 0.313. The van der Waals surface area contributed by atoms with Gasteiger partial charge in [0.15, 0.2) is 0 Å². The highest BCUT2D eigenvalue weighted by Gasteiger charge is 2.38. The monoisotopic (exact) mass is 486 g/mol. The summed E-state index contributed by atoms with van der Waals surface area (Å²) in [5.41, 5.74) is 0.991. The van der Waals surface area contributed by atoms with Crippen LogP contribution in [0.3, 0.4) is 0 Å². The molecule has 0 spiro atoms. The molecule has 1 aromatic rings. The van der Waals surface area contributed by atoms with Gasteiger partial charge in [0.1, 0.15) is 12.1 Å². The van der Waals surface area contributed by atoms with Gasteiger partial charge in [-0.2, -0.15) is 0 Å². The van der Waals surface area contributed by atoms with Gasteiger partial charge in [-0.05, 0) is 24.5 Å². The average Bonchev–Trinajstić information content (AvgIpc) is 3.30. The summed E-state index contributed by atoms with van der Waals surface area (Å²) in [6, 6.07) is 5.40. The van der Waals surface area contributed by atoms with Crippen molar-refractivity contribution in [3.05, 3.63) is 35.4 Å². The van der Waals surface area contributed by atoms with E-state index < -0.39 is 64.0 Å². The van der Waals surface area contributed by atoms with Crippen LogP contribution in [-0.2, 0) is 52.0 Å². The van der Waals surface area contributed by atoms with Gasteiger partial charge in [0.2, 0.25) is 12.0 Å². The van der Waals surface area contributed by atoms with Gasteiger partial charge in [0, 0.05) is 51.2 Å². The van der Waals surface area contributed by atoms with E-state index in [0.29, 0.717) is 35.5 Å². The molecule has 0 aromatic heterocycles. The van der Waals surface area contributed by atoms with E-state index in [1.165, 1.54) is 0 Å². The molecule has 0 radical (unpaired) electrons. The summed E-state index contributed by atoms with van der Waals surface area (Å²) >= 11 is 0. The van der Waals surface area contributed by atoms with E-state index in [2.05, 4.69) is 10.6 Å². The predicted molar refractivity (Wildman–Crippen MR) is 116 cm³/mol. The summed E-state index contributed by atoms with van der Waals surface area (Å²) in [4.78, 5) is 36.6. The second kappa shape index (κ2) is 11.2. The van der Waals surface area contributed by atoms with E-state index >= 15 is 0 Å². The second-order valence-electron chi connectivity index (χ2n) is 7.53. The summed E-state index contributed by atoms with van der Waals surface area (Å²) in [6.45, 7) is 0.0708. The third-order valence-corrected chi connectivity index (χ3v) is 6.58. The number of carbonyl (C=O) groups is 3. The number of hydrogen-bond donors (Lipinski definition) is 2. The first-order valence-corrected chi connectivity index (χ1v) is 13.5. The van der Waals surface area contributed by atoms with Crippen molar-refractivity contribution in [3.8, 4) is 0 Å². The van der Waals surface area contributed by atoms with Gasteiger partial charge in [0.05, 0.1) is 6.61 Å². The van der Waals surface area contributed by atoms with E-state index in [1.807, 2.05) is 0 Å². The Kier molecular flexibility index (Phi) is 8.65. The normalized spacial score (nSPS) is 27.1. The lowest BCUT2D eigenvalue weighted by molar-refractivity contribution is -0.167. The first kappa shape index (κ1) is 24.6. The average molecular weight is 487 g/mol. The maximum Gasteiger partial charge on any atom is 0.326 e. The molecule has 0 aliphatic carbocycles. The lowest BCUT2D eigenvalue weighted by Crippen LogP contribution is -2.37. The summed E-state index contributed by atoms with van der Waals surface area (Å²) in [7, 11) is -2.05. The third-order valence-electron chi connectivity index (χ3n) is 4.96. The Labute approximate surface area is 190 Å². The molecule has 176 valence electrons. The number of carbonyl (C=O) groups excluding carboxylic acids is 3. The minimum Gasteiger partial charge on any atom is -0.437 e. The molecular weight excluding hydrogens is 460 g/mol. The molecular formula is C20H26N2O8S2. The number of esters is 2. The van der Waals surface area contributed by atoms with Crippen LogP contribution < -0.4 is 10.6 Å². The molecule has 0 saturated carbocycles. The molecule has 2 aliphatic rings. The molecule has 12 heteroatoms. The van der Waals surface area contributed by atoms with Crippen LogP contribution in [0.2, 0.25) is 0 Å². The van der Waals surface area contributed by atoms with Crippen molar-refractivity contribution in [2.45, 2.75) is 44.2 Å². The Balaban J connectivity index is 1.53. The highest BCUT2D eigenvalue weighted by molar-refractivity contribution is 7.84. The van der Waals surface area contributed by atoms with Crippen LogP contribution in [0.4, 0.5) is 0 Å². The van der Waals surface area contributed by atoms with Crippen molar-refractivity contribution in [1.82, 2.24) is 10.6 Å². The Morgan fingerprint density at radius 1 is 1.00 bits per heavy atom. The fourth-order valence-electron chi connectivity index (χ4n) is 3.26. The number of ether oxygens (including phenoxy) is 3. The van der Waals surface area contributed by atoms with E-state index in [9.17, 15) is 22.8 Å². The number of ketones is 1. The van der Waals surface area contributed by atoms with Crippen molar-refractivity contribution >= 4 is 39.3 Å². The number of benzene rings is 1. The zero-order valence-electron chi connectivity index (χ0n) is 17.7. The number of hydrogen-bond acceptors (Lipinski definition) is 10. The lowest BCUT2D eigenvalue weighted by Gasteiger charge is -2.13. The summed E-state index contributed by atoms with van der Waals surface area (Å²) < 4.78 is 38.3. The summed E-state index contributed by atoms with van der Waals surface area (Å²) in [6.07, 6.45) is 1.79. The van der Waals surface area contributed by atoms with Crippen molar-refractivity contribution < 1.29 is 37.0 Å². The van der Waals surface area contributed by atoms with E-state index in [0.717, 1.165) is 0 Å². The van der Waals surface area contributed by atoms with Crippen LogP contribution >= 0.6 is 0 Å². The first-order chi connectivity index (χ1) is 15.2.